The summed E-state index contributed by atoms with van der Waals surface area (Å²) in [7, 11) is 0. The third-order valence-corrected chi connectivity index (χ3v) is 4.71. The van der Waals surface area contributed by atoms with Gasteiger partial charge in [0, 0.05) is 38.8 Å². The Morgan fingerprint density at radius 1 is 1.22 bits per heavy atom. The number of rotatable bonds is 3. The van der Waals surface area contributed by atoms with Crippen molar-refractivity contribution in [3.05, 3.63) is 30.1 Å². The van der Waals surface area contributed by atoms with Crippen LogP contribution in [-0.2, 0) is 20.7 Å². The summed E-state index contributed by atoms with van der Waals surface area (Å²) in [4.78, 5) is 22.1. The van der Waals surface area contributed by atoms with Crippen molar-refractivity contribution >= 4 is 16.9 Å². The van der Waals surface area contributed by atoms with Crippen molar-refractivity contribution in [2.45, 2.75) is 31.5 Å². The predicted octanol–water partition coefficient (Wildman–Crippen LogP) is 1.86. The zero-order valence-corrected chi connectivity index (χ0v) is 13.1. The van der Waals surface area contributed by atoms with E-state index in [-0.39, 0.29) is 5.91 Å². The fourth-order valence-electron chi connectivity index (χ4n) is 3.39. The molecule has 4 rings (SSSR count). The van der Waals surface area contributed by atoms with Crippen LogP contribution in [0.15, 0.2) is 24.3 Å². The molecule has 3 heterocycles. The molecule has 1 amide bonds. The van der Waals surface area contributed by atoms with Gasteiger partial charge in [-0.3, -0.25) is 4.79 Å². The van der Waals surface area contributed by atoms with Crippen LogP contribution in [0.2, 0.25) is 0 Å². The first-order chi connectivity index (χ1) is 11.2. The van der Waals surface area contributed by atoms with E-state index in [0.29, 0.717) is 39.1 Å². The van der Waals surface area contributed by atoms with Crippen LogP contribution in [0.1, 0.15) is 25.1 Å². The molecule has 6 heteroatoms. The second-order valence-corrected chi connectivity index (χ2v) is 6.19. The largest absolute Gasteiger partial charge is 0.347 e. The Bertz CT molecular complexity index is 663. The maximum atomic E-state index is 12.4. The van der Waals surface area contributed by atoms with Gasteiger partial charge in [-0.1, -0.05) is 12.1 Å². The fourth-order valence-corrected chi connectivity index (χ4v) is 3.39. The van der Waals surface area contributed by atoms with E-state index >= 15 is 0 Å². The molecule has 0 atom stereocenters. The minimum atomic E-state index is -0.421. The number of ether oxygens (including phenoxy) is 2. The lowest BCUT2D eigenvalue weighted by Gasteiger charge is -2.37. The summed E-state index contributed by atoms with van der Waals surface area (Å²) in [6.45, 7) is 2.75. The van der Waals surface area contributed by atoms with Gasteiger partial charge in [0.2, 0.25) is 5.91 Å². The van der Waals surface area contributed by atoms with Crippen LogP contribution in [0.5, 0.6) is 0 Å². The number of hydrogen-bond acceptors (Lipinski definition) is 4. The lowest BCUT2D eigenvalue weighted by Crippen LogP contribution is -2.47. The first kappa shape index (κ1) is 14.7. The lowest BCUT2D eigenvalue weighted by molar-refractivity contribution is -0.187. The topological polar surface area (TPSA) is 67.5 Å². The number of aromatic nitrogens is 2. The van der Waals surface area contributed by atoms with E-state index in [0.717, 1.165) is 29.7 Å². The molecule has 122 valence electrons. The molecule has 2 saturated heterocycles. The molecule has 1 aromatic heterocycles. The third kappa shape index (κ3) is 2.96. The summed E-state index contributed by atoms with van der Waals surface area (Å²) in [5.74, 6) is 0.629. The zero-order valence-electron chi connectivity index (χ0n) is 13.1. The molecule has 2 aliphatic rings. The van der Waals surface area contributed by atoms with Crippen LogP contribution in [-0.4, -0.2) is 52.9 Å². The number of hydrogen-bond donors (Lipinski definition) is 1. The second kappa shape index (κ2) is 5.94. The van der Waals surface area contributed by atoms with Crippen molar-refractivity contribution in [3.63, 3.8) is 0 Å². The molecule has 1 aromatic carbocycles. The molecule has 2 aromatic rings. The first-order valence-electron chi connectivity index (χ1n) is 8.23. The molecule has 23 heavy (non-hydrogen) atoms. The van der Waals surface area contributed by atoms with E-state index in [1.165, 1.54) is 0 Å². The van der Waals surface area contributed by atoms with Gasteiger partial charge >= 0.3 is 0 Å². The number of aromatic amines is 1. The summed E-state index contributed by atoms with van der Waals surface area (Å²) in [5, 5.41) is 0. The summed E-state index contributed by atoms with van der Waals surface area (Å²) in [6.07, 6.45) is 2.66. The highest BCUT2D eigenvalue weighted by atomic mass is 16.7. The molecule has 6 nitrogen and oxygen atoms in total. The normalized spacial score (nSPS) is 20.4. The predicted molar refractivity (Wildman–Crippen MR) is 84.9 cm³/mol. The highest BCUT2D eigenvalue weighted by molar-refractivity contribution is 5.77. The van der Waals surface area contributed by atoms with Crippen LogP contribution in [0, 0.1) is 0 Å². The van der Waals surface area contributed by atoms with E-state index in [1.54, 1.807) is 0 Å². The number of carbonyl (C=O) groups is 1. The molecular formula is C17H21N3O3. The summed E-state index contributed by atoms with van der Waals surface area (Å²) in [6, 6.07) is 7.92. The molecule has 2 fully saturated rings. The summed E-state index contributed by atoms with van der Waals surface area (Å²) >= 11 is 0. The molecule has 0 aliphatic carbocycles. The van der Waals surface area contributed by atoms with Gasteiger partial charge in [-0.15, -0.1) is 0 Å². The SMILES string of the molecule is O=C(CCc1nc2ccccc2[nH]1)N1CCC2(CC1)OCCO2. The maximum Gasteiger partial charge on any atom is 0.223 e. The maximum absolute atomic E-state index is 12.4. The summed E-state index contributed by atoms with van der Waals surface area (Å²) < 4.78 is 11.4. The number of carbonyl (C=O) groups excluding carboxylic acids is 1. The minimum absolute atomic E-state index is 0.179. The quantitative estimate of drug-likeness (QED) is 0.939. The lowest BCUT2D eigenvalue weighted by atomic mass is 10.0. The van der Waals surface area contributed by atoms with Gasteiger partial charge in [-0.2, -0.15) is 0 Å². The number of nitrogens with one attached hydrogen (secondary N) is 1. The van der Waals surface area contributed by atoms with Crippen molar-refractivity contribution in [2.24, 2.45) is 0 Å². The highest BCUT2D eigenvalue weighted by Crippen LogP contribution is 2.31. The number of H-pyrrole nitrogens is 1. The number of aryl methyl sites for hydroxylation is 1. The summed E-state index contributed by atoms with van der Waals surface area (Å²) in [5.41, 5.74) is 1.97. The van der Waals surface area contributed by atoms with Crippen LogP contribution in [0.25, 0.3) is 11.0 Å². The fraction of sp³-hybridized carbons (Fsp3) is 0.529. The van der Waals surface area contributed by atoms with Crippen LogP contribution < -0.4 is 0 Å². The Kier molecular flexibility index (Phi) is 3.79. The van der Waals surface area contributed by atoms with Crippen molar-refractivity contribution in [2.75, 3.05) is 26.3 Å². The van der Waals surface area contributed by atoms with Gasteiger partial charge in [-0.05, 0) is 12.1 Å². The molecule has 2 aliphatic heterocycles. The average molecular weight is 315 g/mol. The molecular weight excluding hydrogens is 294 g/mol. The number of fused-ring (bicyclic) bond motifs is 1. The monoisotopic (exact) mass is 315 g/mol. The van der Waals surface area contributed by atoms with Gasteiger partial charge in [0.1, 0.15) is 5.82 Å². The number of para-hydroxylation sites is 2. The number of amides is 1. The Balaban J connectivity index is 1.32. The van der Waals surface area contributed by atoms with Crippen LogP contribution >= 0.6 is 0 Å². The van der Waals surface area contributed by atoms with Gasteiger partial charge in [-0.25, -0.2) is 4.98 Å². The minimum Gasteiger partial charge on any atom is -0.347 e. The van der Waals surface area contributed by atoms with E-state index in [2.05, 4.69) is 9.97 Å². The second-order valence-electron chi connectivity index (χ2n) is 6.19. The molecule has 1 spiro atoms. The highest BCUT2D eigenvalue weighted by Gasteiger charge is 2.40. The van der Waals surface area contributed by atoms with Gasteiger partial charge in [0.15, 0.2) is 5.79 Å². The number of piperidine rings is 1. The van der Waals surface area contributed by atoms with E-state index in [9.17, 15) is 4.79 Å². The standard InChI is InChI=1S/C17H21N3O3/c21-16(20-9-7-17(8-10-20)22-11-12-23-17)6-5-15-18-13-3-1-2-4-14(13)19-15/h1-4H,5-12H2,(H,18,19). The average Bonchev–Trinajstić information content (AvgIpc) is 3.20. The third-order valence-electron chi connectivity index (χ3n) is 4.71. The Morgan fingerprint density at radius 3 is 2.70 bits per heavy atom. The first-order valence-corrected chi connectivity index (χ1v) is 8.23. The molecule has 0 unspecified atom stereocenters. The Labute approximate surface area is 134 Å². The number of nitrogens with zero attached hydrogens (tertiary/aromatic N) is 2. The van der Waals surface area contributed by atoms with Crippen LogP contribution in [0.4, 0.5) is 0 Å². The molecule has 1 N–H and O–H groups in total. The van der Waals surface area contributed by atoms with E-state index in [1.807, 2.05) is 29.2 Å². The number of imidazole rings is 1. The van der Waals surface area contributed by atoms with Crippen molar-refractivity contribution in [3.8, 4) is 0 Å². The van der Waals surface area contributed by atoms with Crippen molar-refractivity contribution in [1.29, 1.82) is 0 Å². The molecule has 0 radical (unpaired) electrons. The van der Waals surface area contributed by atoms with Gasteiger partial charge in [0.25, 0.3) is 0 Å². The smallest absolute Gasteiger partial charge is 0.223 e. The van der Waals surface area contributed by atoms with Crippen LogP contribution in [0.3, 0.4) is 0 Å². The van der Waals surface area contributed by atoms with E-state index in [4.69, 9.17) is 9.47 Å². The van der Waals surface area contributed by atoms with Gasteiger partial charge in [0.05, 0.1) is 24.2 Å². The number of likely N-dealkylation sites (tertiary alicyclic amines) is 1. The Morgan fingerprint density at radius 2 is 1.96 bits per heavy atom. The number of benzene rings is 1. The van der Waals surface area contributed by atoms with E-state index < -0.39 is 5.79 Å². The zero-order chi connectivity index (χ0) is 15.7. The van der Waals surface area contributed by atoms with Crippen molar-refractivity contribution < 1.29 is 14.3 Å². The van der Waals surface area contributed by atoms with Gasteiger partial charge < -0.3 is 19.4 Å². The van der Waals surface area contributed by atoms with Crippen molar-refractivity contribution in [1.82, 2.24) is 14.9 Å². The molecule has 0 saturated carbocycles. The molecule has 0 bridgehead atoms. The Hall–Kier alpha value is -1.92.